The third-order valence-electron chi connectivity index (χ3n) is 5.08. The number of piperazine rings is 1. The van der Waals surface area contributed by atoms with E-state index in [0.717, 1.165) is 49.5 Å². The summed E-state index contributed by atoms with van der Waals surface area (Å²) in [6, 6.07) is 16.7. The Morgan fingerprint density at radius 2 is 1.96 bits per heavy atom. The predicted octanol–water partition coefficient (Wildman–Crippen LogP) is 2.58. The van der Waals surface area contributed by atoms with Crippen LogP contribution in [0.3, 0.4) is 0 Å². The van der Waals surface area contributed by atoms with E-state index in [2.05, 4.69) is 29.2 Å². The number of nitrogens with zero attached hydrogens (tertiary/aromatic N) is 2. The number of fused-ring (bicyclic) bond motifs is 2. The highest BCUT2D eigenvalue weighted by atomic mass is 16.5. The summed E-state index contributed by atoms with van der Waals surface area (Å²) in [5, 5.41) is 0. The van der Waals surface area contributed by atoms with Crippen LogP contribution in [0.5, 0.6) is 5.75 Å². The molecule has 1 saturated heterocycles. The molecule has 2 aromatic carbocycles. The fraction of sp³-hybridized carbons (Fsp3) is 0.350. The Morgan fingerprint density at radius 1 is 1.12 bits per heavy atom. The summed E-state index contributed by atoms with van der Waals surface area (Å²) >= 11 is 0. The van der Waals surface area contributed by atoms with Gasteiger partial charge in [0.05, 0.1) is 7.11 Å². The Kier molecular flexibility index (Phi) is 3.98. The van der Waals surface area contributed by atoms with Gasteiger partial charge < -0.3 is 9.64 Å². The van der Waals surface area contributed by atoms with Crippen molar-refractivity contribution in [1.82, 2.24) is 9.80 Å². The van der Waals surface area contributed by atoms with Crippen LogP contribution in [0.1, 0.15) is 21.5 Å². The Morgan fingerprint density at radius 3 is 2.75 bits per heavy atom. The van der Waals surface area contributed by atoms with E-state index in [4.69, 9.17) is 4.74 Å². The normalized spacial score (nSPS) is 20.5. The number of hydrogen-bond donors (Lipinski definition) is 0. The second-order valence-corrected chi connectivity index (χ2v) is 6.60. The maximum absolute atomic E-state index is 12.8. The molecule has 4 nitrogen and oxygen atoms in total. The number of carbonyl (C=O) groups is 1. The monoisotopic (exact) mass is 322 g/mol. The summed E-state index contributed by atoms with van der Waals surface area (Å²) in [5.74, 6) is 0.905. The number of benzene rings is 2. The molecule has 2 aliphatic rings. The average Bonchev–Trinajstić information content (AvgIpc) is 2.62. The molecule has 124 valence electrons. The number of hydrogen-bond acceptors (Lipinski definition) is 3. The van der Waals surface area contributed by atoms with Crippen LogP contribution in [-0.2, 0) is 13.0 Å². The smallest absolute Gasteiger partial charge is 0.254 e. The van der Waals surface area contributed by atoms with Crippen molar-refractivity contribution in [3.05, 3.63) is 65.2 Å². The van der Waals surface area contributed by atoms with Crippen molar-refractivity contribution >= 4 is 5.91 Å². The van der Waals surface area contributed by atoms with E-state index in [9.17, 15) is 4.79 Å². The van der Waals surface area contributed by atoms with Gasteiger partial charge in [0.25, 0.3) is 5.91 Å². The van der Waals surface area contributed by atoms with Crippen LogP contribution < -0.4 is 4.74 Å². The van der Waals surface area contributed by atoms with E-state index in [1.807, 2.05) is 29.2 Å². The molecule has 0 aromatic heterocycles. The molecular formula is C20H22N2O2. The molecule has 1 atom stereocenters. The maximum Gasteiger partial charge on any atom is 0.254 e. The van der Waals surface area contributed by atoms with Gasteiger partial charge in [0, 0.05) is 37.8 Å². The molecule has 0 N–H and O–H groups in total. The van der Waals surface area contributed by atoms with Crippen molar-refractivity contribution in [3.8, 4) is 5.75 Å². The molecule has 4 heteroatoms. The fourth-order valence-electron chi connectivity index (χ4n) is 3.82. The summed E-state index contributed by atoms with van der Waals surface area (Å²) in [4.78, 5) is 17.3. The Balaban J connectivity index is 1.52. The standard InChI is InChI=1S/C20H22N2O2/c1-24-18-8-7-16-11-17-14-21(13-15-5-3-2-4-6-15)9-10-22(17)20(23)19(16)12-18/h2-8,12,17H,9-11,13-14H2,1H3/t17-/m1/s1. The molecule has 2 heterocycles. The zero-order valence-electron chi connectivity index (χ0n) is 13.9. The van der Waals surface area contributed by atoms with Crippen LogP contribution in [0.15, 0.2) is 48.5 Å². The minimum absolute atomic E-state index is 0.152. The van der Waals surface area contributed by atoms with Crippen LogP contribution in [-0.4, -0.2) is 48.5 Å². The molecule has 2 aromatic rings. The molecule has 1 fully saturated rings. The van der Waals surface area contributed by atoms with Gasteiger partial charge in [0.1, 0.15) is 5.75 Å². The van der Waals surface area contributed by atoms with Gasteiger partial charge in [-0.3, -0.25) is 9.69 Å². The molecule has 0 radical (unpaired) electrons. The minimum Gasteiger partial charge on any atom is -0.497 e. The molecule has 0 spiro atoms. The lowest BCUT2D eigenvalue weighted by Crippen LogP contribution is -2.57. The highest BCUT2D eigenvalue weighted by Gasteiger charge is 2.36. The quantitative estimate of drug-likeness (QED) is 0.871. The zero-order valence-corrected chi connectivity index (χ0v) is 13.9. The van der Waals surface area contributed by atoms with Crippen LogP contribution in [0, 0.1) is 0 Å². The Bertz CT molecular complexity index is 745. The van der Waals surface area contributed by atoms with E-state index in [-0.39, 0.29) is 11.9 Å². The molecule has 1 amide bonds. The minimum atomic E-state index is 0.152. The highest BCUT2D eigenvalue weighted by molar-refractivity contribution is 5.97. The lowest BCUT2D eigenvalue weighted by molar-refractivity contribution is 0.0401. The van der Waals surface area contributed by atoms with Gasteiger partial charge in [-0.05, 0) is 29.7 Å². The van der Waals surface area contributed by atoms with Gasteiger partial charge in [0.15, 0.2) is 0 Å². The van der Waals surface area contributed by atoms with Gasteiger partial charge in [-0.25, -0.2) is 0 Å². The van der Waals surface area contributed by atoms with E-state index < -0.39 is 0 Å². The largest absolute Gasteiger partial charge is 0.497 e. The first-order valence-corrected chi connectivity index (χ1v) is 8.49. The van der Waals surface area contributed by atoms with Gasteiger partial charge in [-0.15, -0.1) is 0 Å². The van der Waals surface area contributed by atoms with Gasteiger partial charge in [-0.1, -0.05) is 36.4 Å². The van der Waals surface area contributed by atoms with Gasteiger partial charge in [-0.2, -0.15) is 0 Å². The molecule has 24 heavy (non-hydrogen) atoms. The van der Waals surface area contributed by atoms with Crippen molar-refractivity contribution in [1.29, 1.82) is 0 Å². The van der Waals surface area contributed by atoms with Crippen molar-refractivity contribution < 1.29 is 9.53 Å². The van der Waals surface area contributed by atoms with Crippen LogP contribution in [0.4, 0.5) is 0 Å². The molecule has 4 rings (SSSR count). The highest BCUT2D eigenvalue weighted by Crippen LogP contribution is 2.29. The summed E-state index contributed by atoms with van der Waals surface area (Å²) in [7, 11) is 1.64. The fourth-order valence-corrected chi connectivity index (χ4v) is 3.82. The average molecular weight is 322 g/mol. The topological polar surface area (TPSA) is 32.8 Å². The molecular weight excluding hydrogens is 300 g/mol. The summed E-state index contributed by atoms with van der Waals surface area (Å²) < 4.78 is 5.27. The number of rotatable bonds is 3. The first kappa shape index (κ1) is 15.2. The summed E-state index contributed by atoms with van der Waals surface area (Å²) in [6.45, 7) is 3.62. The third-order valence-corrected chi connectivity index (χ3v) is 5.08. The maximum atomic E-state index is 12.8. The molecule has 2 aliphatic heterocycles. The molecule has 0 aliphatic carbocycles. The van der Waals surface area contributed by atoms with Crippen molar-refractivity contribution in [2.75, 3.05) is 26.7 Å². The predicted molar refractivity (Wildman–Crippen MR) is 93.2 cm³/mol. The molecule has 0 bridgehead atoms. The third kappa shape index (κ3) is 2.78. The van der Waals surface area contributed by atoms with Crippen LogP contribution >= 0.6 is 0 Å². The van der Waals surface area contributed by atoms with E-state index in [1.165, 1.54) is 5.56 Å². The molecule has 0 unspecified atom stereocenters. The lowest BCUT2D eigenvalue weighted by atomic mass is 9.91. The summed E-state index contributed by atoms with van der Waals surface area (Å²) in [5.41, 5.74) is 3.28. The van der Waals surface area contributed by atoms with Gasteiger partial charge in [0.2, 0.25) is 0 Å². The van der Waals surface area contributed by atoms with E-state index in [1.54, 1.807) is 7.11 Å². The van der Waals surface area contributed by atoms with Crippen molar-refractivity contribution in [2.45, 2.75) is 19.0 Å². The summed E-state index contributed by atoms with van der Waals surface area (Å²) in [6.07, 6.45) is 0.927. The first-order chi connectivity index (χ1) is 11.7. The van der Waals surface area contributed by atoms with Crippen LogP contribution in [0.2, 0.25) is 0 Å². The van der Waals surface area contributed by atoms with E-state index >= 15 is 0 Å². The molecule has 0 saturated carbocycles. The van der Waals surface area contributed by atoms with E-state index in [0.29, 0.717) is 0 Å². The lowest BCUT2D eigenvalue weighted by Gasteiger charge is -2.44. The Hall–Kier alpha value is -2.33. The van der Waals surface area contributed by atoms with Crippen LogP contribution in [0.25, 0.3) is 0 Å². The Labute approximate surface area is 142 Å². The van der Waals surface area contributed by atoms with Crippen molar-refractivity contribution in [2.24, 2.45) is 0 Å². The zero-order chi connectivity index (χ0) is 16.5. The SMILES string of the molecule is COc1ccc2c(c1)C(=O)N1CCN(Cc3ccccc3)C[C@H]1C2. The number of carbonyl (C=O) groups excluding carboxylic acids is 1. The second-order valence-electron chi connectivity index (χ2n) is 6.60. The number of amides is 1. The number of methoxy groups -OCH3 is 1. The van der Waals surface area contributed by atoms with Crippen molar-refractivity contribution in [3.63, 3.8) is 0 Å². The second kappa shape index (κ2) is 6.29. The van der Waals surface area contributed by atoms with Gasteiger partial charge >= 0.3 is 0 Å². The first-order valence-electron chi connectivity index (χ1n) is 8.49. The number of ether oxygens (including phenoxy) is 1.